The van der Waals surface area contributed by atoms with Gasteiger partial charge in [-0.1, -0.05) is 0 Å². The van der Waals surface area contributed by atoms with Crippen LogP contribution >= 0.6 is 0 Å². The van der Waals surface area contributed by atoms with E-state index in [0.717, 1.165) is 37.9 Å². The second kappa shape index (κ2) is 10.6. The Balaban J connectivity index is 0.000000308. The zero-order valence-corrected chi connectivity index (χ0v) is 19.1. The van der Waals surface area contributed by atoms with E-state index in [1.54, 1.807) is 7.05 Å². The number of aldehydes is 1. The third-order valence-corrected chi connectivity index (χ3v) is 5.74. The number of H-pyrrole nitrogens is 1. The van der Waals surface area contributed by atoms with Gasteiger partial charge in [0, 0.05) is 35.3 Å². The molecule has 10 nitrogen and oxygen atoms in total. The van der Waals surface area contributed by atoms with Gasteiger partial charge in [0.2, 0.25) is 5.82 Å². The smallest absolute Gasteiger partial charge is 0.237 e. The first kappa shape index (κ1) is 24.3. The molecule has 3 heterocycles. The molecule has 1 aromatic carbocycles. The van der Waals surface area contributed by atoms with Crippen LogP contribution in [0.5, 0.6) is 0 Å². The molecule has 1 fully saturated rings. The maximum absolute atomic E-state index is 14.3. The van der Waals surface area contributed by atoms with Crippen molar-refractivity contribution in [2.24, 2.45) is 7.05 Å². The number of aryl methyl sites for hydroxylation is 1. The maximum Gasteiger partial charge on any atom is 0.237 e. The van der Waals surface area contributed by atoms with Crippen LogP contribution in [0.3, 0.4) is 0 Å². The second-order valence-corrected chi connectivity index (χ2v) is 8.15. The van der Waals surface area contributed by atoms with Crippen LogP contribution in [0.15, 0.2) is 24.5 Å². The highest BCUT2D eigenvalue weighted by Gasteiger charge is 2.23. The summed E-state index contributed by atoms with van der Waals surface area (Å²) in [5.41, 5.74) is 0.584. The Morgan fingerprint density at radius 2 is 1.97 bits per heavy atom. The molecule has 3 N–H and O–H groups in total. The minimum atomic E-state index is -0.697. The lowest BCUT2D eigenvalue weighted by Crippen LogP contribution is -2.37. The summed E-state index contributed by atoms with van der Waals surface area (Å²) in [4.78, 5) is 22.1. The molecule has 0 unspecified atom stereocenters. The summed E-state index contributed by atoms with van der Waals surface area (Å²) in [5.74, 6) is -1.52. The standard InChI is InChI=1S/C19H20F3N5.C3H4N4O/c1-23-11-3-2-4-12(7-11)26-19-16(22)9-25-18(27-19)14-8-24-17-13(14)5-10(20)6-15(17)21;1-7-5-3(2-8)4-6-7/h5-6,8-9,11-12,23-24H,2-4,7H2,1H3,(H,25,26,27);2H,1H3/t11-,12+;/m1./s1. The second-order valence-electron chi connectivity index (χ2n) is 8.15. The number of nitrogens with zero attached hydrogens (tertiary/aromatic N) is 6. The maximum atomic E-state index is 14.3. The lowest BCUT2D eigenvalue weighted by Gasteiger charge is -2.29. The molecule has 2 atom stereocenters. The fourth-order valence-corrected chi connectivity index (χ4v) is 4.06. The largest absolute Gasteiger partial charge is 0.365 e. The number of nitrogens with one attached hydrogen (secondary N) is 3. The molecule has 35 heavy (non-hydrogen) atoms. The van der Waals surface area contributed by atoms with Gasteiger partial charge in [-0.3, -0.25) is 4.79 Å². The first-order valence-electron chi connectivity index (χ1n) is 11.0. The van der Waals surface area contributed by atoms with Crippen LogP contribution in [0.2, 0.25) is 0 Å². The molecule has 13 heteroatoms. The highest BCUT2D eigenvalue weighted by molar-refractivity contribution is 5.94. The van der Waals surface area contributed by atoms with E-state index in [0.29, 0.717) is 23.3 Å². The van der Waals surface area contributed by atoms with Gasteiger partial charge in [0.1, 0.15) is 11.6 Å². The number of carbonyl (C=O) groups excluding carboxylic acids is 1. The van der Waals surface area contributed by atoms with Crippen LogP contribution in [0.4, 0.5) is 19.0 Å². The molecule has 1 saturated carbocycles. The quantitative estimate of drug-likeness (QED) is 0.367. The van der Waals surface area contributed by atoms with Crippen molar-refractivity contribution in [1.29, 1.82) is 0 Å². The molecule has 4 aromatic rings. The van der Waals surface area contributed by atoms with Gasteiger partial charge in [0.15, 0.2) is 23.7 Å². The summed E-state index contributed by atoms with van der Waals surface area (Å²) in [6.07, 6.45) is 7.08. The van der Waals surface area contributed by atoms with Gasteiger partial charge < -0.3 is 15.6 Å². The Bertz CT molecular complexity index is 1320. The van der Waals surface area contributed by atoms with Crippen molar-refractivity contribution >= 4 is 23.0 Å². The van der Waals surface area contributed by atoms with Crippen molar-refractivity contribution in [3.8, 4) is 11.4 Å². The highest BCUT2D eigenvalue weighted by atomic mass is 19.1. The van der Waals surface area contributed by atoms with Crippen LogP contribution in [0.25, 0.3) is 22.3 Å². The average molecular weight is 487 g/mol. The Morgan fingerprint density at radius 1 is 1.17 bits per heavy atom. The fraction of sp³-hybridized carbons (Fsp3) is 0.364. The van der Waals surface area contributed by atoms with Gasteiger partial charge in [-0.25, -0.2) is 23.1 Å². The van der Waals surface area contributed by atoms with Gasteiger partial charge in [-0.05, 0) is 44.0 Å². The Hall–Kier alpha value is -3.87. The van der Waals surface area contributed by atoms with E-state index in [1.807, 2.05) is 7.05 Å². The van der Waals surface area contributed by atoms with Crippen LogP contribution in [-0.4, -0.2) is 60.6 Å². The van der Waals surface area contributed by atoms with Gasteiger partial charge >= 0.3 is 0 Å². The predicted molar refractivity (Wildman–Crippen MR) is 122 cm³/mol. The molecule has 0 spiro atoms. The molecule has 184 valence electrons. The molecule has 0 aliphatic heterocycles. The SMILES string of the molecule is CN[C@@H]1CCC[C@H](Nc2nc(-c3c[nH]c4c(F)cc(F)cc34)ncc2F)C1.Cn1nnc(C=O)n1. The molecule has 5 rings (SSSR count). The Kier molecular flexibility index (Phi) is 7.34. The van der Waals surface area contributed by atoms with Gasteiger partial charge in [-0.2, -0.15) is 4.80 Å². The van der Waals surface area contributed by atoms with E-state index in [2.05, 4.69) is 41.0 Å². The average Bonchev–Trinajstić information content (AvgIpc) is 3.47. The lowest BCUT2D eigenvalue weighted by atomic mass is 9.91. The summed E-state index contributed by atoms with van der Waals surface area (Å²) in [6.45, 7) is 0. The van der Waals surface area contributed by atoms with E-state index in [4.69, 9.17) is 0 Å². The third kappa shape index (κ3) is 5.62. The number of tetrazole rings is 1. The molecule has 0 bridgehead atoms. The number of anilines is 1. The Labute approximate surface area is 198 Å². The first-order valence-corrected chi connectivity index (χ1v) is 11.0. The predicted octanol–water partition coefficient (Wildman–Crippen LogP) is 3.01. The van der Waals surface area contributed by atoms with E-state index in [9.17, 15) is 18.0 Å². The number of hydrogen-bond donors (Lipinski definition) is 3. The van der Waals surface area contributed by atoms with Gasteiger partial charge in [-0.15, -0.1) is 10.2 Å². The zero-order valence-electron chi connectivity index (χ0n) is 19.1. The van der Waals surface area contributed by atoms with Crippen molar-refractivity contribution in [1.82, 2.24) is 40.5 Å². The topological polar surface area (TPSA) is 126 Å². The third-order valence-electron chi connectivity index (χ3n) is 5.74. The van der Waals surface area contributed by atoms with E-state index in [1.165, 1.54) is 17.1 Å². The van der Waals surface area contributed by atoms with Crippen molar-refractivity contribution in [3.05, 3.63) is 47.8 Å². The van der Waals surface area contributed by atoms with Crippen LogP contribution in [0, 0.1) is 17.5 Å². The summed E-state index contributed by atoms with van der Waals surface area (Å²) < 4.78 is 41.8. The number of fused-ring (bicyclic) bond motifs is 1. The summed E-state index contributed by atoms with van der Waals surface area (Å²) in [5, 5.41) is 17.1. The minimum Gasteiger partial charge on any atom is -0.365 e. The van der Waals surface area contributed by atoms with Gasteiger partial charge in [0.05, 0.1) is 18.8 Å². The highest BCUT2D eigenvalue weighted by Crippen LogP contribution is 2.30. The molecule has 3 aromatic heterocycles. The van der Waals surface area contributed by atoms with Crippen LogP contribution in [0.1, 0.15) is 36.3 Å². The van der Waals surface area contributed by atoms with Crippen LogP contribution in [-0.2, 0) is 7.05 Å². The van der Waals surface area contributed by atoms with E-state index >= 15 is 0 Å². The van der Waals surface area contributed by atoms with Crippen molar-refractivity contribution in [3.63, 3.8) is 0 Å². The molecule has 0 amide bonds. The number of aromatic nitrogens is 7. The molecule has 1 aliphatic carbocycles. The van der Waals surface area contributed by atoms with Crippen molar-refractivity contribution in [2.75, 3.05) is 12.4 Å². The first-order chi connectivity index (χ1) is 16.9. The fourth-order valence-electron chi connectivity index (χ4n) is 4.06. The Morgan fingerprint density at radius 3 is 2.66 bits per heavy atom. The number of hydrogen-bond acceptors (Lipinski definition) is 8. The summed E-state index contributed by atoms with van der Waals surface area (Å²) in [7, 11) is 3.52. The van der Waals surface area contributed by atoms with Crippen LogP contribution < -0.4 is 10.6 Å². The molecular formula is C22H24F3N9O. The summed E-state index contributed by atoms with van der Waals surface area (Å²) >= 11 is 0. The minimum absolute atomic E-state index is 0.103. The van der Waals surface area contributed by atoms with Crippen molar-refractivity contribution in [2.45, 2.75) is 37.8 Å². The monoisotopic (exact) mass is 487 g/mol. The lowest BCUT2D eigenvalue weighted by molar-refractivity contribution is 0.111. The number of halogens is 3. The van der Waals surface area contributed by atoms with E-state index < -0.39 is 17.5 Å². The zero-order chi connectivity index (χ0) is 24.9. The van der Waals surface area contributed by atoms with Crippen molar-refractivity contribution < 1.29 is 18.0 Å². The number of carbonyl (C=O) groups is 1. The van der Waals surface area contributed by atoms with E-state index in [-0.39, 0.29) is 29.0 Å². The number of benzene rings is 1. The molecule has 1 aliphatic rings. The molecule has 0 saturated heterocycles. The van der Waals surface area contributed by atoms with Gasteiger partial charge in [0.25, 0.3) is 0 Å². The summed E-state index contributed by atoms with van der Waals surface area (Å²) in [6, 6.07) is 2.51. The number of aromatic amines is 1. The molecular weight excluding hydrogens is 463 g/mol. The number of rotatable bonds is 5. The normalized spacial score (nSPS) is 17.6. The molecule has 0 radical (unpaired) electrons.